The maximum absolute atomic E-state index is 14.0. The summed E-state index contributed by atoms with van der Waals surface area (Å²) in [5.74, 6) is -0.929. The van der Waals surface area contributed by atoms with Crippen molar-refractivity contribution in [1.82, 2.24) is 10.2 Å². The maximum Gasteiger partial charge on any atom is 0.129 e. The zero-order valence-corrected chi connectivity index (χ0v) is 12.9. The Bertz CT molecular complexity index is 649. The molecule has 3 aliphatic heterocycles. The molecule has 1 aromatic rings. The highest BCUT2D eigenvalue weighted by Gasteiger charge is 2.38. The summed E-state index contributed by atoms with van der Waals surface area (Å²) in [5, 5.41) is 3.42. The van der Waals surface area contributed by atoms with Crippen molar-refractivity contribution in [2.75, 3.05) is 19.7 Å². The fourth-order valence-electron chi connectivity index (χ4n) is 4.02. The minimum atomic E-state index is -0.584. The smallest absolute Gasteiger partial charge is 0.129 e. The molecule has 0 saturated carbocycles. The zero-order valence-electron chi connectivity index (χ0n) is 12.9. The van der Waals surface area contributed by atoms with E-state index in [1.165, 1.54) is 17.5 Å². The summed E-state index contributed by atoms with van der Waals surface area (Å²) in [6.07, 6.45) is 2.23. The summed E-state index contributed by atoms with van der Waals surface area (Å²) in [7, 11) is 0. The predicted molar refractivity (Wildman–Crippen MR) is 82.4 cm³/mol. The Hall–Kier alpha value is -1.66. The molecule has 0 amide bonds. The van der Waals surface area contributed by atoms with Gasteiger partial charge >= 0.3 is 0 Å². The zero-order chi connectivity index (χ0) is 16.0. The fraction of sp³-hybridized carbons (Fsp3) is 0.529. The van der Waals surface area contributed by atoms with Crippen molar-refractivity contribution in [3.63, 3.8) is 0 Å². The summed E-state index contributed by atoms with van der Waals surface area (Å²) in [6.45, 7) is 2.47. The van der Waals surface area contributed by atoms with Gasteiger partial charge in [-0.25, -0.2) is 8.78 Å². The van der Waals surface area contributed by atoms with Crippen LogP contribution in [0.1, 0.15) is 30.9 Å². The van der Waals surface area contributed by atoms with Gasteiger partial charge in [-0.1, -0.05) is 0 Å². The van der Waals surface area contributed by atoms with Crippen LogP contribution < -0.4 is 11.1 Å². The van der Waals surface area contributed by atoms with Crippen molar-refractivity contribution in [1.29, 1.82) is 0 Å². The molecule has 6 heteroatoms. The molecule has 1 unspecified atom stereocenters. The molecule has 0 radical (unpaired) electrons. The van der Waals surface area contributed by atoms with E-state index in [-0.39, 0.29) is 17.6 Å². The van der Waals surface area contributed by atoms with Gasteiger partial charge in [0.1, 0.15) is 17.7 Å². The van der Waals surface area contributed by atoms with E-state index in [0.717, 1.165) is 44.5 Å². The van der Waals surface area contributed by atoms with Crippen molar-refractivity contribution in [2.24, 2.45) is 5.73 Å². The van der Waals surface area contributed by atoms with E-state index in [2.05, 4.69) is 10.2 Å². The lowest BCUT2D eigenvalue weighted by Crippen LogP contribution is -2.48. The largest absolute Gasteiger partial charge is 0.387 e. The lowest BCUT2D eigenvalue weighted by molar-refractivity contribution is -0.0432. The van der Waals surface area contributed by atoms with Crippen LogP contribution in [0.3, 0.4) is 0 Å². The fourth-order valence-corrected chi connectivity index (χ4v) is 4.02. The molecule has 4 rings (SSSR count). The molecule has 0 bridgehead atoms. The number of halogens is 2. The van der Waals surface area contributed by atoms with Crippen LogP contribution in [0.25, 0.3) is 0 Å². The number of ether oxygens (including phenoxy) is 1. The Balaban J connectivity index is 1.49. The van der Waals surface area contributed by atoms with Gasteiger partial charge in [-0.15, -0.1) is 0 Å². The van der Waals surface area contributed by atoms with E-state index >= 15 is 0 Å². The SMILES string of the molecule is NC1C[C@@H](N2CCC3=C2CCN3)CO[C@@H]1c1cc(F)ccc1F. The molecule has 1 aromatic carbocycles. The van der Waals surface area contributed by atoms with E-state index in [4.69, 9.17) is 10.5 Å². The monoisotopic (exact) mass is 321 g/mol. The number of hydrogen-bond acceptors (Lipinski definition) is 4. The average Bonchev–Trinajstić information content (AvgIpc) is 3.13. The Morgan fingerprint density at radius 2 is 2.13 bits per heavy atom. The molecule has 4 nitrogen and oxygen atoms in total. The quantitative estimate of drug-likeness (QED) is 0.875. The van der Waals surface area contributed by atoms with Crippen molar-refractivity contribution < 1.29 is 13.5 Å². The minimum absolute atomic E-state index is 0.213. The first-order chi connectivity index (χ1) is 11.1. The standard InChI is InChI=1S/C17H21F2N3O/c18-10-1-2-13(19)12(7-10)17-14(20)8-11(9-23-17)22-6-4-15-16(22)3-5-21-15/h1-2,7,11,14,17,21H,3-6,8-9,20H2/t11-,14?,17-/m1/s1. The predicted octanol–water partition coefficient (Wildman–Crippen LogP) is 2.03. The van der Waals surface area contributed by atoms with Gasteiger partial charge in [-0.2, -0.15) is 0 Å². The molecule has 124 valence electrons. The van der Waals surface area contributed by atoms with Gasteiger partial charge in [0.2, 0.25) is 0 Å². The highest BCUT2D eigenvalue weighted by atomic mass is 19.1. The molecule has 1 saturated heterocycles. The summed E-state index contributed by atoms with van der Waals surface area (Å²) < 4.78 is 33.3. The summed E-state index contributed by atoms with van der Waals surface area (Å²) in [5.41, 5.74) is 9.20. The number of nitrogens with zero attached hydrogens (tertiary/aromatic N) is 1. The van der Waals surface area contributed by atoms with Crippen molar-refractivity contribution in [3.05, 3.63) is 46.8 Å². The van der Waals surface area contributed by atoms with Gasteiger partial charge < -0.3 is 20.7 Å². The van der Waals surface area contributed by atoms with Gasteiger partial charge in [-0.05, 0) is 24.6 Å². The van der Waals surface area contributed by atoms with Crippen LogP contribution in [-0.2, 0) is 4.74 Å². The molecule has 0 aliphatic carbocycles. The third-order valence-corrected chi connectivity index (χ3v) is 5.10. The van der Waals surface area contributed by atoms with Gasteiger partial charge in [0, 0.05) is 48.9 Å². The molecule has 0 aromatic heterocycles. The first-order valence-corrected chi connectivity index (χ1v) is 8.18. The Morgan fingerprint density at radius 3 is 2.96 bits per heavy atom. The van der Waals surface area contributed by atoms with E-state index in [1.54, 1.807) is 0 Å². The van der Waals surface area contributed by atoms with Crippen LogP contribution in [0, 0.1) is 11.6 Å². The Morgan fingerprint density at radius 1 is 1.26 bits per heavy atom. The molecule has 3 aliphatic rings. The highest BCUT2D eigenvalue weighted by Crippen LogP contribution is 2.36. The molecular formula is C17H21F2N3O. The van der Waals surface area contributed by atoms with Crippen LogP contribution in [0.15, 0.2) is 29.6 Å². The second-order valence-electron chi connectivity index (χ2n) is 6.52. The van der Waals surface area contributed by atoms with Crippen LogP contribution >= 0.6 is 0 Å². The second kappa shape index (κ2) is 5.76. The Labute approximate surface area is 134 Å². The number of rotatable bonds is 2. The molecule has 0 spiro atoms. The number of hydrogen-bond donors (Lipinski definition) is 2. The van der Waals surface area contributed by atoms with Gasteiger partial charge in [0.15, 0.2) is 0 Å². The Kier molecular flexibility index (Phi) is 3.73. The topological polar surface area (TPSA) is 50.5 Å². The average molecular weight is 321 g/mol. The summed E-state index contributed by atoms with van der Waals surface area (Å²) in [4.78, 5) is 2.38. The van der Waals surface area contributed by atoms with Crippen LogP contribution in [0.2, 0.25) is 0 Å². The van der Waals surface area contributed by atoms with E-state index in [0.29, 0.717) is 6.61 Å². The number of benzene rings is 1. The van der Waals surface area contributed by atoms with Crippen molar-refractivity contribution in [3.8, 4) is 0 Å². The second-order valence-corrected chi connectivity index (χ2v) is 6.52. The molecular weight excluding hydrogens is 300 g/mol. The van der Waals surface area contributed by atoms with E-state index < -0.39 is 17.7 Å². The highest BCUT2D eigenvalue weighted by molar-refractivity contribution is 5.25. The first-order valence-electron chi connectivity index (χ1n) is 8.18. The molecule has 3 N–H and O–H groups in total. The maximum atomic E-state index is 14.0. The van der Waals surface area contributed by atoms with Crippen LogP contribution in [-0.4, -0.2) is 36.7 Å². The van der Waals surface area contributed by atoms with Crippen molar-refractivity contribution in [2.45, 2.75) is 37.5 Å². The summed E-state index contributed by atoms with van der Waals surface area (Å²) in [6, 6.07) is 3.31. The first kappa shape index (κ1) is 14.9. The van der Waals surface area contributed by atoms with Gasteiger partial charge in [0.25, 0.3) is 0 Å². The van der Waals surface area contributed by atoms with Crippen molar-refractivity contribution >= 4 is 0 Å². The lowest BCUT2D eigenvalue weighted by Gasteiger charge is -2.40. The minimum Gasteiger partial charge on any atom is -0.387 e. The molecule has 3 atom stereocenters. The van der Waals surface area contributed by atoms with E-state index in [9.17, 15) is 8.78 Å². The summed E-state index contributed by atoms with van der Waals surface area (Å²) >= 11 is 0. The third-order valence-electron chi connectivity index (χ3n) is 5.10. The molecule has 3 heterocycles. The van der Waals surface area contributed by atoms with Crippen LogP contribution in [0.5, 0.6) is 0 Å². The van der Waals surface area contributed by atoms with Crippen LogP contribution in [0.4, 0.5) is 8.78 Å². The molecule has 1 fully saturated rings. The molecule has 23 heavy (non-hydrogen) atoms. The van der Waals surface area contributed by atoms with Gasteiger partial charge in [0.05, 0.1) is 12.6 Å². The lowest BCUT2D eigenvalue weighted by atomic mass is 9.93. The number of nitrogens with one attached hydrogen (secondary N) is 1. The normalized spacial score (nSPS) is 30.6. The third kappa shape index (κ3) is 2.60. The van der Waals surface area contributed by atoms with E-state index in [1.807, 2.05) is 0 Å². The van der Waals surface area contributed by atoms with Gasteiger partial charge in [-0.3, -0.25) is 0 Å². The number of nitrogens with two attached hydrogens (primary N) is 1.